The van der Waals surface area contributed by atoms with Crippen LogP contribution in [-0.4, -0.2) is 40.7 Å². The van der Waals surface area contributed by atoms with Crippen molar-refractivity contribution < 1.29 is 14.7 Å². The number of carboxylic acid groups (broad SMARTS) is 1. The molecule has 5 heteroatoms. The third-order valence-corrected chi connectivity index (χ3v) is 2.55. The summed E-state index contributed by atoms with van der Waals surface area (Å²) in [6, 6.07) is 6.31. The van der Waals surface area contributed by atoms with Gasteiger partial charge in [0.25, 0.3) is 0 Å². The van der Waals surface area contributed by atoms with Crippen LogP contribution in [0.25, 0.3) is 10.9 Å². The number of carbonyl (C=O) groups is 2. The first-order valence-corrected chi connectivity index (χ1v) is 5.07. The van der Waals surface area contributed by atoms with Gasteiger partial charge in [0.1, 0.15) is 0 Å². The summed E-state index contributed by atoms with van der Waals surface area (Å²) in [6.07, 6.45) is 1.58. The van der Waals surface area contributed by atoms with Crippen LogP contribution in [0.2, 0.25) is 0 Å². The molecule has 2 aromatic rings. The largest absolute Gasteiger partial charge is 0.478 e. The van der Waals surface area contributed by atoms with Crippen molar-refractivity contribution in [2.45, 2.75) is 0 Å². The predicted octanol–water partition coefficient (Wildman–Crippen LogP) is 1.87. The minimum absolute atomic E-state index is 0.202. The molecule has 0 aliphatic rings. The van der Waals surface area contributed by atoms with Gasteiger partial charge in [-0.05, 0) is 18.2 Å². The third-order valence-electron chi connectivity index (χ3n) is 2.55. The van der Waals surface area contributed by atoms with E-state index in [1.54, 1.807) is 38.5 Å². The fourth-order valence-electron chi connectivity index (χ4n) is 1.74. The second-order valence-electron chi connectivity index (χ2n) is 3.91. The number of hydrogen-bond acceptors (Lipinski definition) is 2. The maximum atomic E-state index is 11.8. The lowest BCUT2D eigenvalue weighted by Crippen LogP contribution is -2.26. The average Bonchev–Trinajstić information content (AvgIpc) is 2.70. The van der Waals surface area contributed by atoms with Crippen molar-refractivity contribution in [1.29, 1.82) is 0 Å². The number of aromatic nitrogens is 1. The summed E-state index contributed by atoms with van der Waals surface area (Å²) in [4.78, 5) is 24.3. The third kappa shape index (κ3) is 1.75. The lowest BCUT2D eigenvalue weighted by molar-refractivity contribution is 0.0699. The van der Waals surface area contributed by atoms with E-state index in [4.69, 9.17) is 5.11 Å². The Morgan fingerprint density at radius 3 is 2.53 bits per heavy atom. The summed E-state index contributed by atoms with van der Waals surface area (Å²) in [5, 5.41) is 9.60. The molecular weight excluding hydrogens is 220 g/mol. The Morgan fingerprint density at radius 2 is 1.94 bits per heavy atom. The Labute approximate surface area is 97.9 Å². The zero-order valence-electron chi connectivity index (χ0n) is 9.54. The number of carbonyl (C=O) groups excluding carboxylic acids is 1. The van der Waals surface area contributed by atoms with Gasteiger partial charge >= 0.3 is 12.0 Å². The second-order valence-corrected chi connectivity index (χ2v) is 3.91. The standard InChI is InChI=1S/C12H12N2O3/c1-13(2)12(17)14-7-6-8-9(11(15)16)4-3-5-10(8)14/h3-7H,1-2H3,(H,15,16). The highest BCUT2D eigenvalue weighted by Gasteiger charge is 2.14. The van der Waals surface area contributed by atoms with Gasteiger partial charge in [-0.2, -0.15) is 0 Å². The van der Waals surface area contributed by atoms with Crippen molar-refractivity contribution in [1.82, 2.24) is 9.47 Å². The average molecular weight is 232 g/mol. The van der Waals surface area contributed by atoms with Gasteiger partial charge in [0.2, 0.25) is 0 Å². The van der Waals surface area contributed by atoms with E-state index in [9.17, 15) is 9.59 Å². The summed E-state index contributed by atoms with van der Waals surface area (Å²) in [5.41, 5.74) is 0.802. The lowest BCUT2D eigenvalue weighted by atomic mass is 10.1. The first-order chi connectivity index (χ1) is 8.02. The van der Waals surface area contributed by atoms with Crippen LogP contribution in [0.1, 0.15) is 10.4 Å². The molecule has 88 valence electrons. The van der Waals surface area contributed by atoms with Gasteiger partial charge in [-0.1, -0.05) is 6.07 Å². The van der Waals surface area contributed by atoms with Gasteiger partial charge in [0.05, 0.1) is 11.1 Å². The quantitative estimate of drug-likeness (QED) is 0.816. The Kier molecular flexibility index (Phi) is 2.59. The molecule has 2 rings (SSSR count). The molecule has 1 aromatic carbocycles. The summed E-state index contributed by atoms with van der Waals surface area (Å²) >= 11 is 0. The molecule has 17 heavy (non-hydrogen) atoms. The maximum Gasteiger partial charge on any atom is 0.336 e. The van der Waals surface area contributed by atoms with Crippen LogP contribution in [0.3, 0.4) is 0 Å². The van der Waals surface area contributed by atoms with Crippen molar-refractivity contribution in [3.8, 4) is 0 Å². The van der Waals surface area contributed by atoms with Crippen LogP contribution >= 0.6 is 0 Å². The SMILES string of the molecule is CN(C)C(=O)n1ccc2c(C(=O)O)cccc21. The number of aromatic carboxylic acids is 1. The molecule has 1 heterocycles. The zero-order valence-corrected chi connectivity index (χ0v) is 9.54. The van der Waals surface area contributed by atoms with E-state index < -0.39 is 5.97 Å². The smallest absolute Gasteiger partial charge is 0.336 e. The Bertz CT molecular complexity index is 599. The van der Waals surface area contributed by atoms with Crippen molar-refractivity contribution in [2.75, 3.05) is 14.1 Å². The van der Waals surface area contributed by atoms with Crippen molar-refractivity contribution in [3.63, 3.8) is 0 Å². The fraction of sp³-hybridized carbons (Fsp3) is 0.167. The summed E-state index contributed by atoms with van der Waals surface area (Å²) in [6.45, 7) is 0. The number of rotatable bonds is 1. The van der Waals surface area contributed by atoms with Gasteiger partial charge in [0, 0.05) is 25.7 Å². The molecule has 0 unspecified atom stereocenters. The highest BCUT2D eigenvalue weighted by molar-refractivity contribution is 6.05. The number of nitrogens with zero attached hydrogens (tertiary/aromatic N) is 2. The van der Waals surface area contributed by atoms with Gasteiger partial charge in [-0.15, -0.1) is 0 Å². The van der Waals surface area contributed by atoms with Gasteiger partial charge < -0.3 is 10.0 Å². The minimum Gasteiger partial charge on any atom is -0.478 e. The summed E-state index contributed by atoms with van der Waals surface area (Å²) < 4.78 is 1.43. The van der Waals surface area contributed by atoms with Crippen LogP contribution in [0.4, 0.5) is 4.79 Å². The van der Waals surface area contributed by atoms with Gasteiger partial charge in [-0.25, -0.2) is 9.59 Å². The first-order valence-electron chi connectivity index (χ1n) is 5.07. The molecule has 0 atom stereocenters. The van der Waals surface area contributed by atoms with Crippen molar-refractivity contribution in [2.24, 2.45) is 0 Å². The van der Waals surface area contributed by atoms with Gasteiger partial charge in [-0.3, -0.25) is 4.57 Å². The molecule has 0 fully saturated rings. The molecule has 0 bridgehead atoms. The number of amides is 1. The molecule has 1 aromatic heterocycles. The number of benzene rings is 1. The van der Waals surface area contributed by atoms with Crippen molar-refractivity contribution >= 4 is 22.9 Å². The van der Waals surface area contributed by atoms with Crippen LogP contribution in [0, 0.1) is 0 Å². The molecule has 0 aliphatic carbocycles. The van der Waals surface area contributed by atoms with E-state index in [1.165, 1.54) is 15.5 Å². The van der Waals surface area contributed by atoms with Crippen LogP contribution in [-0.2, 0) is 0 Å². The normalized spacial score (nSPS) is 10.5. The summed E-state index contributed by atoms with van der Waals surface area (Å²) in [5.74, 6) is -0.995. The van der Waals surface area contributed by atoms with E-state index in [0.29, 0.717) is 10.9 Å². The Hall–Kier alpha value is -2.30. The zero-order chi connectivity index (χ0) is 12.6. The van der Waals surface area contributed by atoms with E-state index in [0.717, 1.165) is 0 Å². The van der Waals surface area contributed by atoms with Crippen LogP contribution in [0.15, 0.2) is 30.5 Å². The monoisotopic (exact) mass is 232 g/mol. The lowest BCUT2D eigenvalue weighted by Gasteiger charge is -2.11. The van der Waals surface area contributed by atoms with Crippen LogP contribution < -0.4 is 0 Å². The van der Waals surface area contributed by atoms with Crippen LogP contribution in [0.5, 0.6) is 0 Å². The minimum atomic E-state index is -0.995. The second kappa shape index (κ2) is 3.93. The Balaban J connectivity index is 2.67. The number of carboxylic acids is 1. The van der Waals surface area contributed by atoms with Gasteiger partial charge in [0.15, 0.2) is 0 Å². The van der Waals surface area contributed by atoms with E-state index >= 15 is 0 Å². The molecule has 0 saturated heterocycles. The Morgan fingerprint density at radius 1 is 1.24 bits per heavy atom. The molecule has 1 N–H and O–H groups in total. The molecule has 0 saturated carbocycles. The predicted molar refractivity (Wildman–Crippen MR) is 63.4 cm³/mol. The van der Waals surface area contributed by atoms with E-state index in [1.807, 2.05) is 0 Å². The first kappa shape index (κ1) is 11.2. The molecule has 0 radical (unpaired) electrons. The maximum absolute atomic E-state index is 11.8. The van der Waals surface area contributed by atoms with E-state index in [2.05, 4.69) is 0 Å². The van der Waals surface area contributed by atoms with Crippen molar-refractivity contribution in [3.05, 3.63) is 36.0 Å². The highest BCUT2D eigenvalue weighted by atomic mass is 16.4. The molecule has 1 amide bonds. The molecular formula is C12H12N2O3. The summed E-state index contributed by atoms with van der Waals surface area (Å²) in [7, 11) is 3.30. The fourth-order valence-corrected chi connectivity index (χ4v) is 1.74. The molecule has 5 nitrogen and oxygen atoms in total. The topological polar surface area (TPSA) is 62.5 Å². The highest BCUT2D eigenvalue weighted by Crippen LogP contribution is 2.20. The van der Waals surface area contributed by atoms with E-state index in [-0.39, 0.29) is 11.6 Å². The molecule has 0 aliphatic heterocycles. The number of fused-ring (bicyclic) bond motifs is 1. The molecule has 0 spiro atoms. The number of hydrogen-bond donors (Lipinski definition) is 1.